The second kappa shape index (κ2) is 5.83. The predicted molar refractivity (Wildman–Crippen MR) is 86.9 cm³/mol. The van der Waals surface area contributed by atoms with Crippen molar-refractivity contribution in [3.63, 3.8) is 0 Å². The van der Waals surface area contributed by atoms with Crippen LogP contribution in [-0.2, 0) is 0 Å². The molecule has 0 bridgehead atoms. The van der Waals surface area contributed by atoms with E-state index in [0.29, 0.717) is 10.7 Å². The third-order valence-electron chi connectivity index (χ3n) is 4.64. The lowest BCUT2D eigenvalue weighted by Gasteiger charge is -2.38. The van der Waals surface area contributed by atoms with Gasteiger partial charge in [0.25, 0.3) is 5.91 Å². The molecule has 2 saturated heterocycles. The molecule has 2 aliphatic rings. The molecule has 3 rings (SSSR count). The highest BCUT2D eigenvalue weighted by Gasteiger charge is 2.32. The summed E-state index contributed by atoms with van der Waals surface area (Å²) in [5.74, 6) is 0.465. The maximum atomic E-state index is 12.9. The van der Waals surface area contributed by atoms with Gasteiger partial charge in [-0.1, -0.05) is 11.3 Å². The lowest BCUT2D eigenvalue weighted by Crippen LogP contribution is -2.47. The molecule has 0 aliphatic carbocycles. The van der Waals surface area contributed by atoms with Gasteiger partial charge in [0.1, 0.15) is 10.7 Å². The molecule has 0 unspecified atom stereocenters. The fourth-order valence-corrected chi connectivity index (χ4v) is 4.44. The molecular formula is C15H24N4OS. The van der Waals surface area contributed by atoms with Crippen molar-refractivity contribution < 1.29 is 4.79 Å². The number of nitrogens with two attached hydrogens (primary N) is 1. The summed E-state index contributed by atoms with van der Waals surface area (Å²) in [4.78, 5) is 22.2. The van der Waals surface area contributed by atoms with Crippen molar-refractivity contribution in [2.75, 3.05) is 23.7 Å². The number of hydrogen-bond acceptors (Lipinski definition) is 5. The largest absolute Gasteiger partial charge is 0.382 e. The van der Waals surface area contributed by atoms with Gasteiger partial charge in [-0.05, 0) is 46.0 Å². The number of aromatic nitrogens is 1. The van der Waals surface area contributed by atoms with Crippen LogP contribution in [0.5, 0.6) is 0 Å². The standard InChI is InChI=1S/C15H24N4OS/c1-10-6-5-7-11(2)19(10)14(20)12-13(16)17-15(21-12)18-8-3-4-9-18/h10-11H,3-9,16H2,1-2H3/t10-,11+. The molecule has 0 radical (unpaired) electrons. The van der Waals surface area contributed by atoms with Gasteiger partial charge in [-0.15, -0.1) is 0 Å². The Bertz CT molecular complexity index is 514. The zero-order valence-electron chi connectivity index (χ0n) is 12.8. The second-order valence-corrected chi connectivity index (χ2v) is 7.22. The zero-order chi connectivity index (χ0) is 15.0. The highest BCUT2D eigenvalue weighted by Crippen LogP contribution is 2.33. The Balaban J connectivity index is 1.83. The van der Waals surface area contributed by atoms with Gasteiger partial charge in [0.2, 0.25) is 0 Å². The highest BCUT2D eigenvalue weighted by molar-refractivity contribution is 7.18. The molecule has 3 heterocycles. The number of hydrogen-bond donors (Lipinski definition) is 1. The number of anilines is 2. The molecule has 116 valence electrons. The van der Waals surface area contributed by atoms with Gasteiger partial charge < -0.3 is 15.5 Å². The summed E-state index contributed by atoms with van der Waals surface area (Å²) in [6, 6.07) is 0.580. The van der Waals surface area contributed by atoms with E-state index >= 15 is 0 Å². The zero-order valence-corrected chi connectivity index (χ0v) is 13.7. The lowest BCUT2D eigenvalue weighted by molar-refractivity contribution is 0.0516. The van der Waals surface area contributed by atoms with Gasteiger partial charge in [-0.3, -0.25) is 4.79 Å². The summed E-state index contributed by atoms with van der Waals surface area (Å²) >= 11 is 1.46. The van der Waals surface area contributed by atoms with Crippen LogP contribution >= 0.6 is 11.3 Å². The van der Waals surface area contributed by atoms with Crippen molar-refractivity contribution in [1.29, 1.82) is 0 Å². The minimum atomic E-state index is 0.0650. The molecule has 0 aromatic carbocycles. The number of thiazole rings is 1. The average molecular weight is 308 g/mol. The molecule has 2 atom stereocenters. The van der Waals surface area contributed by atoms with E-state index in [2.05, 4.69) is 23.7 Å². The Morgan fingerprint density at radius 1 is 1.19 bits per heavy atom. The van der Waals surface area contributed by atoms with Crippen LogP contribution in [0.3, 0.4) is 0 Å². The van der Waals surface area contributed by atoms with Gasteiger partial charge in [0, 0.05) is 25.2 Å². The Morgan fingerprint density at radius 3 is 2.43 bits per heavy atom. The predicted octanol–water partition coefficient (Wildman–Crippen LogP) is 2.73. The smallest absolute Gasteiger partial charge is 0.268 e. The summed E-state index contributed by atoms with van der Waals surface area (Å²) in [5.41, 5.74) is 6.03. The van der Waals surface area contributed by atoms with Crippen LogP contribution in [-0.4, -0.2) is 41.0 Å². The summed E-state index contributed by atoms with van der Waals surface area (Å²) in [6.07, 6.45) is 5.75. The monoisotopic (exact) mass is 308 g/mol. The molecule has 6 heteroatoms. The van der Waals surface area contributed by atoms with Crippen LogP contribution in [0, 0.1) is 0 Å². The van der Waals surface area contributed by atoms with E-state index in [1.54, 1.807) is 0 Å². The Labute approximate surface area is 130 Å². The fourth-order valence-electron chi connectivity index (χ4n) is 3.46. The topological polar surface area (TPSA) is 62.5 Å². The Hall–Kier alpha value is -1.30. The first-order valence-electron chi connectivity index (χ1n) is 7.92. The average Bonchev–Trinajstić information content (AvgIpc) is 3.07. The number of amides is 1. The molecule has 2 fully saturated rings. The molecule has 2 aliphatic heterocycles. The molecule has 1 amide bonds. The second-order valence-electron chi connectivity index (χ2n) is 6.25. The van der Waals surface area contributed by atoms with Crippen molar-refractivity contribution >= 4 is 28.2 Å². The van der Waals surface area contributed by atoms with E-state index in [4.69, 9.17) is 5.73 Å². The van der Waals surface area contributed by atoms with E-state index in [1.165, 1.54) is 30.6 Å². The fraction of sp³-hybridized carbons (Fsp3) is 0.733. The van der Waals surface area contributed by atoms with Crippen LogP contribution < -0.4 is 10.6 Å². The van der Waals surface area contributed by atoms with Crippen LogP contribution in [0.15, 0.2) is 0 Å². The van der Waals surface area contributed by atoms with Gasteiger partial charge in [0.05, 0.1) is 0 Å². The minimum absolute atomic E-state index is 0.0650. The Kier molecular flexibility index (Phi) is 4.06. The normalized spacial score (nSPS) is 26.4. The summed E-state index contributed by atoms with van der Waals surface area (Å²) < 4.78 is 0. The maximum absolute atomic E-state index is 12.9. The van der Waals surface area contributed by atoms with E-state index in [-0.39, 0.29) is 18.0 Å². The van der Waals surface area contributed by atoms with Gasteiger partial charge in [0.15, 0.2) is 5.13 Å². The SMILES string of the molecule is C[C@@H]1CCC[C@H](C)N1C(=O)c1sc(N2CCCC2)nc1N. The van der Waals surface area contributed by atoms with Crippen molar-refractivity contribution in [3.05, 3.63) is 4.88 Å². The first-order chi connectivity index (χ1) is 10.1. The summed E-state index contributed by atoms with van der Waals surface area (Å²) in [5, 5.41) is 0.908. The number of nitrogen functional groups attached to an aromatic ring is 1. The molecule has 5 nitrogen and oxygen atoms in total. The van der Waals surface area contributed by atoms with Gasteiger partial charge >= 0.3 is 0 Å². The van der Waals surface area contributed by atoms with Crippen molar-refractivity contribution in [1.82, 2.24) is 9.88 Å². The molecule has 0 spiro atoms. The minimum Gasteiger partial charge on any atom is -0.382 e. The van der Waals surface area contributed by atoms with Crippen molar-refractivity contribution in [3.8, 4) is 0 Å². The molecule has 2 N–H and O–H groups in total. The Morgan fingerprint density at radius 2 is 1.81 bits per heavy atom. The summed E-state index contributed by atoms with van der Waals surface area (Å²) in [6.45, 7) is 6.31. The first kappa shape index (κ1) is 14.6. The first-order valence-corrected chi connectivity index (χ1v) is 8.73. The number of nitrogens with zero attached hydrogens (tertiary/aromatic N) is 3. The molecule has 1 aromatic rings. The third-order valence-corrected chi connectivity index (χ3v) is 5.76. The number of rotatable bonds is 2. The molecule has 21 heavy (non-hydrogen) atoms. The van der Waals surface area contributed by atoms with Crippen LogP contribution in [0.4, 0.5) is 10.9 Å². The summed E-state index contributed by atoms with van der Waals surface area (Å²) in [7, 11) is 0. The van der Waals surface area contributed by atoms with Crippen LogP contribution in [0.25, 0.3) is 0 Å². The molecule has 1 aromatic heterocycles. The lowest BCUT2D eigenvalue weighted by atomic mass is 9.97. The van der Waals surface area contributed by atoms with Gasteiger partial charge in [-0.2, -0.15) is 0 Å². The molecule has 0 saturated carbocycles. The van der Waals surface area contributed by atoms with E-state index < -0.39 is 0 Å². The number of carbonyl (C=O) groups excluding carboxylic acids is 1. The van der Waals surface area contributed by atoms with Crippen LogP contribution in [0.1, 0.15) is 55.6 Å². The van der Waals surface area contributed by atoms with E-state index in [1.807, 2.05) is 4.90 Å². The highest BCUT2D eigenvalue weighted by atomic mass is 32.1. The molecular weight excluding hydrogens is 284 g/mol. The third kappa shape index (κ3) is 2.73. The van der Waals surface area contributed by atoms with Crippen LogP contribution in [0.2, 0.25) is 0 Å². The number of piperidine rings is 1. The number of carbonyl (C=O) groups is 1. The maximum Gasteiger partial charge on any atom is 0.268 e. The van der Waals surface area contributed by atoms with Crippen molar-refractivity contribution in [2.24, 2.45) is 0 Å². The van der Waals surface area contributed by atoms with Gasteiger partial charge in [-0.25, -0.2) is 4.98 Å². The van der Waals surface area contributed by atoms with E-state index in [0.717, 1.165) is 31.1 Å². The van der Waals surface area contributed by atoms with E-state index in [9.17, 15) is 4.79 Å². The quantitative estimate of drug-likeness (QED) is 0.912. The van der Waals surface area contributed by atoms with Crippen molar-refractivity contribution in [2.45, 2.75) is 58.0 Å². The number of likely N-dealkylation sites (tertiary alicyclic amines) is 1.